The first-order chi connectivity index (χ1) is 17.3. The van der Waals surface area contributed by atoms with E-state index in [2.05, 4.69) is 20.5 Å². The van der Waals surface area contributed by atoms with Crippen molar-refractivity contribution in [1.29, 1.82) is 0 Å². The van der Waals surface area contributed by atoms with Gasteiger partial charge in [0.1, 0.15) is 18.0 Å². The van der Waals surface area contributed by atoms with Crippen molar-refractivity contribution < 1.29 is 27.5 Å². The van der Waals surface area contributed by atoms with Gasteiger partial charge in [0.05, 0.1) is 16.9 Å². The van der Waals surface area contributed by atoms with E-state index in [1.54, 1.807) is 44.2 Å². The van der Waals surface area contributed by atoms with Gasteiger partial charge in [-0.2, -0.15) is 13.2 Å². The molecule has 2 saturated heterocycles. The molecule has 2 amide bonds. The van der Waals surface area contributed by atoms with Gasteiger partial charge in [-0.05, 0) is 69.9 Å². The van der Waals surface area contributed by atoms with E-state index in [9.17, 15) is 22.8 Å². The number of carbonyl (C=O) groups excluding carboxylic acids is 2. The summed E-state index contributed by atoms with van der Waals surface area (Å²) in [6.07, 6.45) is -1.46. The number of fused-ring (bicyclic) bond motifs is 2. The van der Waals surface area contributed by atoms with Crippen LogP contribution < -0.4 is 20.3 Å². The van der Waals surface area contributed by atoms with E-state index in [0.29, 0.717) is 34.5 Å². The largest absolute Gasteiger partial charge is 0.476 e. The van der Waals surface area contributed by atoms with Crippen molar-refractivity contribution in [3.8, 4) is 5.75 Å². The number of carbonyl (C=O) groups is 2. The molecule has 2 aromatic rings. The second kappa shape index (κ2) is 10.6. The minimum atomic E-state index is -4.57. The van der Waals surface area contributed by atoms with Gasteiger partial charge in [-0.15, -0.1) is 0 Å². The molecule has 37 heavy (non-hydrogen) atoms. The van der Waals surface area contributed by atoms with Gasteiger partial charge in [0, 0.05) is 23.1 Å². The van der Waals surface area contributed by atoms with Crippen molar-refractivity contribution in [2.75, 3.05) is 10.2 Å². The van der Waals surface area contributed by atoms with E-state index < -0.39 is 24.1 Å². The van der Waals surface area contributed by atoms with Gasteiger partial charge in [-0.1, -0.05) is 23.2 Å². The van der Waals surface area contributed by atoms with E-state index in [-0.39, 0.29) is 29.7 Å². The molecule has 0 aliphatic carbocycles. The highest BCUT2D eigenvalue weighted by atomic mass is 35.5. The predicted octanol–water partition coefficient (Wildman–Crippen LogP) is 5.75. The number of anilines is 2. The van der Waals surface area contributed by atoms with Crippen molar-refractivity contribution >= 4 is 46.5 Å². The Labute approximate surface area is 222 Å². The van der Waals surface area contributed by atoms with Crippen molar-refractivity contribution in [3.63, 3.8) is 0 Å². The van der Waals surface area contributed by atoms with E-state index in [1.807, 2.05) is 0 Å². The number of hydrogen-bond acceptors (Lipinski definition) is 5. The number of pyridine rings is 1. The lowest BCUT2D eigenvalue weighted by Gasteiger charge is -2.40. The summed E-state index contributed by atoms with van der Waals surface area (Å²) >= 11 is 12.1. The highest BCUT2D eigenvalue weighted by molar-refractivity contribution is 6.35. The number of halogens is 5. The second-order valence-electron chi connectivity index (χ2n) is 9.87. The summed E-state index contributed by atoms with van der Waals surface area (Å²) in [5.41, 5.74) is -0.961. The second-order valence-corrected chi connectivity index (χ2v) is 10.7. The standard InChI is InChI=1S/C25H27Cl2F3N4O3/c1-24(2,37-20-7-3-14(26)9-19(20)27)23(36)33-16-10-17-5-6-18(11-16)34(17)21-8-4-15(13-31-21)32-22(35)12-25(28,29)30/h3-4,7-9,13,16-18H,5-6,10-12H2,1-2H3,(H,32,35)(H,33,36). The summed E-state index contributed by atoms with van der Waals surface area (Å²) in [5.74, 6) is -0.338. The summed E-state index contributed by atoms with van der Waals surface area (Å²) in [5, 5.41) is 6.12. The zero-order valence-corrected chi connectivity index (χ0v) is 21.8. The summed E-state index contributed by atoms with van der Waals surface area (Å²) in [7, 11) is 0. The zero-order valence-electron chi connectivity index (χ0n) is 20.2. The summed E-state index contributed by atoms with van der Waals surface area (Å²) in [6, 6.07) is 8.31. The van der Waals surface area contributed by atoms with Crippen LogP contribution in [0.1, 0.15) is 46.0 Å². The number of alkyl halides is 3. The molecule has 2 atom stereocenters. The van der Waals surface area contributed by atoms with Crippen molar-refractivity contribution in [2.45, 2.75) is 75.9 Å². The third-order valence-corrected chi connectivity index (χ3v) is 7.06. The first-order valence-corrected chi connectivity index (χ1v) is 12.6. The Morgan fingerprint density at radius 2 is 1.78 bits per heavy atom. The van der Waals surface area contributed by atoms with Crippen LogP contribution in [0.4, 0.5) is 24.7 Å². The van der Waals surface area contributed by atoms with Gasteiger partial charge < -0.3 is 20.3 Å². The topological polar surface area (TPSA) is 83.6 Å². The fraction of sp³-hybridized carbons (Fsp3) is 0.480. The molecule has 0 saturated carbocycles. The number of nitrogens with zero attached hydrogens (tertiary/aromatic N) is 2. The number of amides is 2. The van der Waals surface area contributed by atoms with Crippen LogP contribution in [-0.2, 0) is 9.59 Å². The van der Waals surface area contributed by atoms with Crippen LogP contribution in [0.3, 0.4) is 0 Å². The molecule has 12 heteroatoms. The fourth-order valence-electron chi connectivity index (χ4n) is 4.91. The Morgan fingerprint density at radius 1 is 1.11 bits per heavy atom. The molecular weight excluding hydrogens is 532 g/mol. The number of rotatable bonds is 7. The van der Waals surface area contributed by atoms with Gasteiger partial charge in [0.25, 0.3) is 5.91 Å². The molecule has 2 N–H and O–H groups in total. The smallest absolute Gasteiger partial charge is 0.397 e. The first kappa shape index (κ1) is 27.3. The van der Waals surface area contributed by atoms with Crippen LogP contribution >= 0.6 is 23.2 Å². The van der Waals surface area contributed by atoms with E-state index in [0.717, 1.165) is 12.8 Å². The van der Waals surface area contributed by atoms with Crippen molar-refractivity contribution in [1.82, 2.24) is 10.3 Å². The molecule has 0 spiro atoms. The molecular formula is C25H27Cl2F3N4O3. The van der Waals surface area contributed by atoms with Gasteiger partial charge >= 0.3 is 6.18 Å². The fourth-order valence-corrected chi connectivity index (χ4v) is 5.35. The minimum Gasteiger partial charge on any atom is -0.476 e. The van der Waals surface area contributed by atoms with Gasteiger partial charge in [-0.3, -0.25) is 9.59 Å². The summed E-state index contributed by atoms with van der Waals surface area (Å²) in [4.78, 5) is 31.2. The number of nitrogens with one attached hydrogen (secondary N) is 2. The highest BCUT2D eigenvalue weighted by Crippen LogP contribution is 2.39. The molecule has 200 valence electrons. The zero-order chi connectivity index (χ0) is 27.0. The minimum absolute atomic E-state index is 0.0502. The van der Waals surface area contributed by atoms with Crippen LogP contribution in [0.25, 0.3) is 0 Å². The average molecular weight is 559 g/mol. The number of benzene rings is 1. The molecule has 0 radical (unpaired) electrons. The van der Waals surface area contributed by atoms with Gasteiger partial charge in [-0.25, -0.2) is 4.98 Å². The first-order valence-electron chi connectivity index (χ1n) is 11.9. The number of piperidine rings is 1. The van der Waals surface area contributed by atoms with Gasteiger partial charge in [0.2, 0.25) is 5.91 Å². The van der Waals surface area contributed by atoms with Crippen molar-refractivity contribution in [3.05, 3.63) is 46.6 Å². The SMILES string of the molecule is CC(C)(Oc1ccc(Cl)cc1Cl)C(=O)NC1CC2CCC(C1)N2c1ccc(NC(=O)CC(F)(F)F)cn1. The molecule has 4 rings (SSSR count). The summed E-state index contributed by atoms with van der Waals surface area (Å²) < 4.78 is 43.1. The maximum Gasteiger partial charge on any atom is 0.397 e. The Hall–Kier alpha value is -2.72. The number of ether oxygens (including phenoxy) is 1. The Bertz CT molecular complexity index is 1150. The third-order valence-electron chi connectivity index (χ3n) is 6.53. The molecule has 2 bridgehead atoms. The maximum atomic E-state index is 13.1. The van der Waals surface area contributed by atoms with E-state index in [4.69, 9.17) is 27.9 Å². The Morgan fingerprint density at radius 3 is 2.35 bits per heavy atom. The monoisotopic (exact) mass is 558 g/mol. The molecule has 2 aliphatic rings. The maximum absolute atomic E-state index is 13.1. The van der Waals surface area contributed by atoms with Crippen LogP contribution in [0.2, 0.25) is 10.0 Å². The van der Waals surface area contributed by atoms with E-state index >= 15 is 0 Å². The average Bonchev–Trinajstić information content (AvgIpc) is 3.05. The van der Waals surface area contributed by atoms with Crippen LogP contribution in [0.5, 0.6) is 5.75 Å². The molecule has 1 aromatic heterocycles. The Kier molecular flexibility index (Phi) is 7.80. The van der Waals surface area contributed by atoms with Crippen molar-refractivity contribution in [2.24, 2.45) is 0 Å². The Balaban J connectivity index is 1.35. The normalized spacial score (nSPS) is 21.5. The quantitative estimate of drug-likeness (QED) is 0.452. The summed E-state index contributed by atoms with van der Waals surface area (Å²) in [6.45, 7) is 3.35. The van der Waals surface area contributed by atoms with Crippen LogP contribution in [-0.4, -0.2) is 46.7 Å². The number of aromatic nitrogens is 1. The molecule has 2 fully saturated rings. The lowest BCUT2D eigenvalue weighted by Crippen LogP contribution is -2.55. The molecule has 2 aliphatic heterocycles. The van der Waals surface area contributed by atoms with Gasteiger partial charge in [0.15, 0.2) is 5.60 Å². The number of hydrogen-bond donors (Lipinski definition) is 2. The lowest BCUT2D eigenvalue weighted by atomic mass is 9.96. The van der Waals surface area contributed by atoms with E-state index in [1.165, 1.54) is 6.20 Å². The predicted molar refractivity (Wildman–Crippen MR) is 135 cm³/mol. The highest BCUT2D eigenvalue weighted by Gasteiger charge is 2.43. The molecule has 2 unspecified atom stereocenters. The molecule has 7 nitrogen and oxygen atoms in total. The molecule has 3 heterocycles. The lowest BCUT2D eigenvalue weighted by molar-refractivity contribution is -0.150. The molecule has 1 aromatic carbocycles. The van der Waals surface area contributed by atoms with Crippen LogP contribution in [0, 0.1) is 0 Å². The van der Waals surface area contributed by atoms with Crippen LogP contribution in [0.15, 0.2) is 36.5 Å². The third kappa shape index (κ3) is 6.78.